The number of nitrogens with one attached hydrogen (secondary N) is 2. The number of pyridine rings is 2. The minimum Gasteiger partial charge on any atom is -0.481 e. The highest BCUT2D eigenvalue weighted by atomic mass is 16.5. The van der Waals surface area contributed by atoms with Crippen LogP contribution in [0.2, 0.25) is 0 Å². The van der Waals surface area contributed by atoms with Crippen LogP contribution in [-0.4, -0.2) is 23.1 Å². The number of carbonyl (C=O) groups is 1. The van der Waals surface area contributed by atoms with Crippen LogP contribution in [0.3, 0.4) is 0 Å². The summed E-state index contributed by atoms with van der Waals surface area (Å²) in [7, 11) is 1.57. The standard InChI is InChI=1S/C18H24N4O2/c1-12(2)16(15-7-5-6-10-19-15)22-18(23)20-11-14-9-8-13(3)21-17(14)24-4/h5-10,12,16H,11H2,1-4H3,(H2,20,22,23)/t16-/m1/s1. The average Bonchev–Trinajstić information content (AvgIpc) is 2.59. The summed E-state index contributed by atoms with van der Waals surface area (Å²) >= 11 is 0. The number of aromatic nitrogens is 2. The van der Waals surface area contributed by atoms with E-state index in [9.17, 15) is 4.79 Å². The number of ether oxygens (including phenoxy) is 1. The largest absolute Gasteiger partial charge is 0.481 e. The van der Waals surface area contributed by atoms with Crippen LogP contribution in [0, 0.1) is 12.8 Å². The van der Waals surface area contributed by atoms with Crippen LogP contribution in [0.5, 0.6) is 5.88 Å². The Labute approximate surface area is 142 Å². The first-order chi connectivity index (χ1) is 11.5. The van der Waals surface area contributed by atoms with Crippen molar-refractivity contribution in [1.29, 1.82) is 0 Å². The topological polar surface area (TPSA) is 76.1 Å². The number of rotatable bonds is 6. The highest BCUT2D eigenvalue weighted by Crippen LogP contribution is 2.19. The van der Waals surface area contributed by atoms with Gasteiger partial charge in [0.1, 0.15) is 0 Å². The molecule has 2 rings (SSSR count). The Morgan fingerprint density at radius 2 is 2.04 bits per heavy atom. The van der Waals surface area contributed by atoms with Gasteiger partial charge in [0.15, 0.2) is 0 Å². The van der Waals surface area contributed by atoms with Gasteiger partial charge in [-0.1, -0.05) is 26.0 Å². The van der Waals surface area contributed by atoms with E-state index >= 15 is 0 Å². The van der Waals surface area contributed by atoms with Gasteiger partial charge in [-0.05, 0) is 31.0 Å². The molecule has 2 heterocycles. The molecule has 0 saturated carbocycles. The summed E-state index contributed by atoms with van der Waals surface area (Å²) in [6.07, 6.45) is 1.73. The molecule has 0 saturated heterocycles. The van der Waals surface area contributed by atoms with E-state index in [-0.39, 0.29) is 18.0 Å². The highest BCUT2D eigenvalue weighted by molar-refractivity contribution is 5.74. The maximum Gasteiger partial charge on any atom is 0.315 e. The number of amides is 2. The maximum atomic E-state index is 12.3. The van der Waals surface area contributed by atoms with Crippen molar-refractivity contribution in [1.82, 2.24) is 20.6 Å². The number of aryl methyl sites for hydroxylation is 1. The van der Waals surface area contributed by atoms with E-state index in [2.05, 4.69) is 20.6 Å². The van der Waals surface area contributed by atoms with Crippen LogP contribution in [0.4, 0.5) is 4.79 Å². The summed E-state index contributed by atoms with van der Waals surface area (Å²) in [4.78, 5) is 20.9. The predicted octanol–water partition coefficient (Wildman–Crippen LogP) is 2.99. The Balaban J connectivity index is 1.99. The fraction of sp³-hybridized carbons (Fsp3) is 0.389. The van der Waals surface area contributed by atoms with Crippen molar-refractivity contribution < 1.29 is 9.53 Å². The van der Waals surface area contributed by atoms with Crippen LogP contribution >= 0.6 is 0 Å². The molecule has 0 aliphatic rings. The summed E-state index contributed by atoms with van der Waals surface area (Å²) in [6.45, 7) is 6.33. The van der Waals surface area contributed by atoms with Crippen molar-refractivity contribution in [2.45, 2.75) is 33.4 Å². The third kappa shape index (κ3) is 4.68. The summed E-state index contributed by atoms with van der Waals surface area (Å²) in [6, 6.07) is 9.09. The van der Waals surface area contributed by atoms with Crippen molar-refractivity contribution in [2.24, 2.45) is 5.92 Å². The molecule has 0 radical (unpaired) electrons. The molecule has 1 atom stereocenters. The van der Waals surface area contributed by atoms with Gasteiger partial charge in [0.25, 0.3) is 0 Å². The SMILES string of the molecule is COc1nc(C)ccc1CNC(=O)N[C@@H](c1ccccn1)C(C)C. The second-order valence-corrected chi connectivity index (χ2v) is 5.92. The summed E-state index contributed by atoms with van der Waals surface area (Å²) < 4.78 is 5.25. The van der Waals surface area contributed by atoms with Crippen molar-refractivity contribution in [3.63, 3.8) is 0 Å². The second-order valence-electron chi connectivity index (χ2n) is 5.92. The third-order valence-corrected chi connectivity index (χ3v) is 3.67. The lowest BCUT2D eigenvalue weighted by molar-refractivity contribution is 0.232. The minimum absolute atomic E-state index is 0.149. The van der Waals surface area contributed by atoms with Crippen molar-refractivity contribution >= 4 is 6.03 Å². The molecule has 2 aromatic heterocycles. The van der Waals surface area contributed by atoms with Crippen molar-refractivity contribution in [3.05, 3.63) is 53.5 Å². The van der Waals surface area contributed by atoms with Crippen molar-refractivity contribution in [2.75, 3.05) is 7.11 Å². The van der Waals surface area contributed by atoms with Crippen molar-refractivity contribution in [3.8, 4) is 5.88 Å². The minimum atomic E-state index is -0.248. The van der Waals surface area contributed by atoms with E-state index in [0.29, 0.717) is 12.4 Å². The molecule has 0 bridgehead atoms. The van der Waals surface area contributed by atoms with Gasteiger partial charge in [-0.25, -0.2) is 9.78 Å². The molecule has 0 aliphatic heterocycles. The zero-order chi connectivity index (χ0) is 17.5. The van der Waals surface area contributed by atoms with Gasteiger partial charge >= 0.3 is 6.03 Å². The third-order valence-electron chi connectivity index (χ3n) is 3.67. The Bertz CT molecular complexity index is 674. The number of carbonyl (C=O) groups excluding carboxylic acids is 1. The number of nitrogens with zero attached hydrogens (tertiary/aromatic N) is 2. The summed E-state index contributed by atoms with van der Waals surface area (Å²) in [5.41, 5.74) is 2.55. The Morgan fingerprint density at radius 1 is 1.25 bits per heavy atom. The zero-order valence-electron chi connectivity index (χ0n) is 14.5. The zero-order valence-corrected chi connectivity index (χ0v) is 14.5. The molecule has 2 amide bonds. The van der Waals surface area contributed by atoms with E-state index in [1.807, 2.05) is 51.1 Å². The Hall–Kier alpha value is -2.63. The quantitative estimate of drug-likeness (QED) is 0.855. The number of hydrogen-bond donors (Lipinski definition) is 2. The lowest BCUT2D eigenvalue weighted by atomic mass is 10.0. The monoisotopic (exact) mass is 328 g/mol. The van der Waals surface area contributed by atoms with Crippen LogP contribution in [-0.2, 0) is 6.54 Å². The molecule has 6 heteroatoms. The van der Waals surface area contributed by atoms with E-state index in [1.54, 1.807) is 13.3 Å². The number of urea groups is 1. The first kappa shape index (κ1) is 17.7. The molecule has 0 spiro atoms. The molecule has 128 valence electrons. The average molecular weight is 328 g/mol. The van der Waals surface area contributed by atoms with E-state index in [4.69, 9.17) is 4.74 Å². The van der Waals surface area contributed by atoms with Crippen LogP contribution in [0.25, 0.3) is 0 Å². The molecule has 24 heavy (non-hydrogen) atoms. The molecule has 6 nitrogen and oxygen atoms in total. The summed E-state index contributed by atoms with van der Waals surface area (Å²) in [5.74, 6) is 0.752. The molecule has 0 fully saturated rings. The first-order valence-electron chi connectivity index (χ1n) is 7.97. The lowest BCUT2D eigenvalue weighted by Gasteiger charge is -2.22. The smallest absolute Gasteiger partial charge is 0.315 e. The molecule has 0 aliphatic carbocycles. The van der Waals surface area contributed by atoms with E-state index < -0.39 is 0 Å². The molecule has 2 aromatic rings. The highest BCUT2D eigenvalue weighted by Gasteiger charge is 2.19. The normalized spacial score (nSPS) is 11.9. The van der Waals surface area contributed by atoms with Crippen LogP contribution in [0.15, 0.2) is 36.5 Å². The predicted molar refractivity (Wildman–Crippen MR) is 92.7 cm³/mol. The van der Waals surface area contributed by atoms with Crippen LogP contribution < -0.4 is 15.4 Å². The number of hydrogen-bond acceptors (Lipinski definition) is 4. The fourth-order valence-electron chi connectivity index (χ4n) is 2.38. The van der Waals surface area contributed by atoms with Gasteiger partial charge in [0.05, 0.1) is 18.8 Å². The molecule has 0 aromatic carbocycles. The summed E-state index contributed by atoms with van der Waals surface area (Å²) in [5, 5.41) is 5.83. The van der Waals surface area contributed by atoms with Gasteiger partial charge in [-0.2, -0.15) is 0 Å². The molecular formula is C18H24N4O2. The van der Waals surface area contributed by atoms with Gasteiger partial charge in [0, 0.05) is 24.0 Å². The maximum absolute atomic E-state index is 12.3. The van der Waals surface area contributed by atoms with Gasteiger partial charge in [-0.3, -0.25) is 4.98 Å². The Kier molecular flexibility index (Phi) is 6.12. The second kappa shape index (κ2) is 8.29. The first-order valence-corrected chi connectivity index (χ1v) is 7.97. The van der Waals surface area contributed by atoms with Gasteiger partial charge < -0.3 is 15.4 Å². The molecule has 0 unspecified atom stereocenters. The van der Waals surface area contributed by atoms with E-state index in [0.717, 1.165) is 17.0 Å². The molecular weight excluding hydrogens is 304 g/mol. The lowest BCUT2D eigenvalue weighted by Crippen LogP contribution is -2.39. The van der Waals surface area contributed by atoms with E-state index in [1.165, 1.54) is 0 Å². The Morgan fingerprint density at radius 3 is 2.67 bits per heavy atom. The van der Waals surface area contributed by atoms with Gasteiger partial charge in [0.2, 0.25) is 5.88 Å². The molecule has 2 N–H and O–H groups in total. The van der Waals surface area contributed by atoms with Gasteiger partial charge in [-0.15, -0.1) is 0 Å². The number of methoxy groups -OCH3 is 1. The fourth-order valence-corrected chi connectivity index (χ4v) is 2.38. The van der Waals surface area contributed by atoms with Crippen LogP contribution in [0.1, 0.15) is 36.8 Å².